The van der Waals surface area contributed by atoms with E-state index in [0.29, 0.717) is 11.7 Å². The van der Waals surface area contributed by atoms with Crippen molar-refractivity contribution in [2.75, 3.05) is 20.2 Å². The highest BCUT2D eigenvalue weighted by Crippen LogP contribution is 2.27. The molecule has 1 aromatic rings. The van der Waals surface area contributed by atoms with Crippen molar-refractivity contribution in [1.82, 2.24) is 5.32 Å². The van der Waals surface area contributed by atoms with Crippen LogP contribution in [0.15, 0.2) is 18.2 Å². The van der Waals surface area contributed by atoms with E-state index in [0.717, 1.165) is 25.1 Å². The zero-order valence-corrected chi connectivity index (χ0v) is 8.22. The lowest BCUT2D eigenvalue weighted by atomic mass is 9.98. The van der Waals surface area contributed by atoms with E-state index in [4.69, 9.17) is 4.74 Å². The molecule has 3 heteroatoms. The van der Waals surface area contributed by atoms with Crippen molar-refractivity contribution in [2.24, 2.45) is 0 Å². The topological polar surface area (TPSA) is 21.3 Å². The van der Waals surface area contributed by atoms with Gasteiger partial charge in [-0.1, -0.05) is 6.07 Å². The first-order valence-corrected chi connectivity index (χ1v) is 4.85. The van der Waals surface area contributed by atoms with Gasteiger partial charge in [-0.15, -0.1) is 0 Å². The zero-order chi connectivity index (χ0) is 9.97. The van der Waals surface area contributed by atoms with Crippen LogP contribution in [0.1, 0.15) is 17.9 Å². The second-order valence-electron chi connectivity index (χ2n) is 3.58. The predicted octanol–water partition coefficient (Wildman–Crippen LogP) is 1.91. The number of methoxy groups -OCH3 is 1. The molecule has 1 aliphatic heterocycles. The van der Waals surface area contributed by atoms with Gasteiger partial charge in [-0.3, -0.25) is 0 Å². The Morgan fingerprint density at radius 3 is 3.00 bits per heavy atom. The monoisotopic (exact) mass is 195 g/mol. The third kappa shape index (κ3) is 1.73. The van der Waals surface area contributed by atoms with E-state index in [9.17, 15) is 4.39 Å². The SMILES string of the molecule is COc1cc([C@H]2CCNC2)ccc1F. The molecule has 1 atom stereocenters. The first-order chi connectivity index (χ1) is 6.81. The van der Waals surface area contributed by atoms with E-state index in [1.54, 1.807) is 6.07 Å². The average molecular weight is 195 g/mol. The Bertz CT molecular complexity index is 321. The van der Waals surface area contributed by atoms with Gasteiger partial charge < -0.3 is 10.1 Å². The lowest BCUT2D eigenvalue weighted by Crippen LogP contribution is -2.08. The molecule has 0 aliphatic carbocycles. The Labute approximate surface area is 83.1 Å². The molecular formula is C11H14FNO. The standard InChI is InChI=1S/C11H14FNO/c1-14-11-6-8(2-3-10(11)12)9-4-5-13-7-9/h2-3,6,9,13H,4-5,7H2,1H3/t9-/m0/s1. The number of halogens is 1. The molecule has 1 aliphatic rings. The van der Waals surface area contributed by atoms with Crippen molar-refractivity contribution >= 4 is 0 Å². The summed E-state index contributed by atoms with van der Waals surface area (Å²) in [6.45, 7) is 2.03. The number of ether oxygens (including phenoxy) is 1. The van der Waals surface area contributed by atoms with Crippen LogP contribution in [0.4, 0.5) is 4.39 Å². The van der Waals surface area contributed by atoms with Crippen molar-refractivity contribution in [3.8, 4) is 5.75 Å². The maximum Gasteiger partial charge on any atom is 0.165 e. The van der Waals surface area contributed by atoms with Crippen LogP contribution in [0.3, 0.4) is 0 Å². The van der Waals surface area contributed by atoms with Crippen molar-refractivity contribution in [3.63, 3.8) is 0 Å². The van der Waals surface area contributed by atoms with Gasteiger partial charge in [-0.05, 0) is 36.6 Å². The highest BCUT2D eigenvalue weighted by atomic mass is 19.1. The molecule has 0 unspecified atom stereocenters. The van der Waals surface area contributed by atoms with E-state index in [1.807, 2.05) is 6.07 Å². The Morgan fingerprint density at radius 1 is 1.50 bits per heavy atom. The van der Waals surface area contributed by atoms with Crippen molar-refractivity contribution in [2.45, 2.75) is 12.3 Å². The molecule has 2 rings (SSSR count). The second-order valence-corrected chi connectivity index (χ2v) is 3.58. The number of benzene rings is 1. The average Bonchev–Trinajstić information content (AvgIpc) is 2.71. The van der Waals surface area contributed by atoms with E-state index in [1.165, 1.54) is 13.2 Å². The van der Waals surface area contributed by atoms with Gasteiger partial charge in [0.2, 0.25) is 0 Å². The molecule has 1 aromatic carbocycles. The Kier molecular flexibility index (Phi) is 2.68. The summed E-state index contributed by atoms with van der Waals surface area (Å²) in [6, 6.07) is 5.12. The fourth-order valence-electron chi connectivity index (χ4n) is 1.87. The number of hydrogen-bond acceptors (Lipinski definition) is 2. The third-order valence-corrected chi connectivity index (χ3v) is 2.71. The van der Waals surface area contributed by atoms with Crippen molar-refractivity contribution in [3.05, 3.63) is 29.6 Å². The third-order valence-electron chi connectivity index (χ3n) is 2.71. The molecule has 1 N–H and O–H groups in total. The van der Waals surface area contributed by atoms with E-state index in [-0.39, 0.29) is 5.82 Å². The van der Waals surface area contributed by atoms with Crippen LogP contribution < -0.4 is 10.1 Å². The molecular weight excluding hydrogens is 181 g/mol. The Balaban J connectivity index is 2.25. The number of hydrogen-bond donors (Lipinski definition) is 1. The summed E-state index contributed by atoms with van der Waals surface area (Å²) in [5.41, 5.74) is 1.16. The maximum atomic E-state index is 13.1. The minimum Gasteiger partial charge on any atom is -0.494 e. The molecule has 14 heavy (non-hydrogen) atoms. The quantitative estimate of drug-likeness (QED) is 0.778. The summed E-state index contributed by atoms with van der Waals surface area (Å²) in [7, 11) is 1.50. The van der Waals surface area contributed by atoms with Crippen molar-refractivity contribution < 1.29 is 9.13 Å². The second kappa shape index (κ2) is 3.96. The summed E-state index contributed by atoms with van der Waals surface area (Å²) >= 11 is 0. The number of nitrogens with one attached hydrogen (secondary N) is 1. The van der Waals surface area contributed by atoms with Crippen LogP contribution in [-0.2, 0) is 0 Å². The van der Waals surface area contributed by atoms with E-state index < -0.39 is 0 Å². The van der Waals surface area contributed by atoms with Gasteiger partial charge >= 0.3 is 0 Å². The van der Waals surface area contributed by atoms with Crippen LogP contribution >= 0.6 is 0 Å². The van der Waals surface area contributed by atoms with Gasteiger partial charge in [0.25, 0.3) is 0 Å². The Hall–Kier alpha value is -1.09. The normalized spacial score (nSPS) is 21.1. The maximum absolute atomic E-state index is 13.1. The fourth-order valence-corrected chi connectivity index (χ4v) is 1.87. The molecule has 1 fully saturated rings. The smallest absolute Gasteiger partial charge is 0.165 e. The van der Waals surface area contributed by atoms with Crippen LogP contribution in [0, 0.1) is 5.82 Å². The van der Waals surface area contributed by atoms with Gasteiger partial charge in [0.15, 0.2) is 11.6 Å². The minimum atomic E-state index is -0.290. The molecule has 0 amide bonds. The molecule has 0 spiro atoms. The van der Waals surface area contributed by atoms with Gasteiger partial charge in [-0.25, -0.2) is 4.39 Å². The molecule has 2 nitrogen and oxygen atoms in total. The van der Waals surface area contributed by atoms with Crippen LogP contribution in [0.2, 0.25) is 0 Å². The Morgan fingerprint density at radius 2 is 2.36 bits per heavy atom. The molecule has 0 bridgehead atoms. The lowest BCUT2D eigenvalue weighted by Gasteiger charge is -2.10. The highest BCUT2D eigenvalue weighted by molar-refractivity contribution is 5.33. The van der Waals surface area contributed by atoms with Gasteiger partial charge in [-0.2, -0.15) is 0 Å². The summed E-state index contributed by atoms with van der Waals surface area (Å²) < 4.78 is 18.1. The van der Waals surface area contributed by atoms with Gasteiger partial charge in [0.1, 0.15) is 0 Å². The van der Waals surface area contributed by atoms with E-state index >= 15 is 0 Å². The summed E-state index contributed by atoms with van der Waals surface area (Å²) in [4.78, 5) is 0. The molecule has 76 valence electrons. The minimum absolute atomic E-state index is 0.290. The number of rotatable bonds is 2. The molecule has 0 aromatic heterocycles. The van der Waals surface area contributed by atoms with Gasteiger partial charge in [0, 0.05) is 6.54 Å². The van der Waals surface area contributed by atoms with E-state index in [2.05, 4.69) is 5.32 Å². The molecule has 1 heterocycles. The molecule has 0 radical (unpaired) electrons. The first kappa shape index (κ1) is 9.46. The van der Waals surface area contributed by atoms with Crippen LogP contribution in [0.5, 0.6) is 5.75 Å². The lowest BCUT2D eigenvalue weighted by molar-refractivity contribution is 0.385. The van der Waals surface area contributed by atoms with Gasteiger partial charge in [0.05, 0.1) is 7.11 Å². The first-order valence-electron chi connectivity index (χ1n) is 4.85. The molecule has 0 saturated carbocycles. The summed E-state index contributed by atoms with van der Waals surface area (Å²) in [5, 5.41) is 3.29. The highest BCUT2D eigenvalue weighted by Gasteiger charge is 2.17. The zero-order valence-electron chi connectivity index (χ0n) is 8.22. The van der Waals surface area contributed by atoms with Crippen LogP contribution in [0.25, 0.3) is 0 Å². The van der Waals surface area contributed by atoms with Crippen molar-refractivity contribution in [1.29, 1.82) is 0 Å². The summed E-state index contributed by atoms with van der Waals surface area (Å²) in [5.74, 6) is 0.557. The predicted molar refractivity (Wildman–Crippen MR) is 53.2 cm³/mol. The largest absolute Gasteiger partial charge is 0.494 e. The summed E-state index contributed by atoms with van der Waals surface area (Å²) in [6.07, 6.45) is 1.12. The fraction of sp³-hybridized carbons (Fsp3) is 0.455. The molecule has 1 saturated heterocycles. The van der Waals surface area contributed by atoms with Crippen LogP contribution in [-0.4, -0.2) is 20.2 Å².